The molecular formula is C14H19NO4S. The van der Waals surface area contributed by atoms with Crippen LogP contribution in [0.15, 0.2) is 23.1 Å². The van der Waals surface area contributed by atoms with E-state index >= 15 is 0 Å². The van der Waals surface area contributed by atoms with Gasteiger partial charge >= 0.3 is 0 Å². The molecule has 0 atom stereocenters. The first-order valence-electron chi connectivity index (χ1n) is 6.22. The summed E-state index contributed by atoms with van der Waals surface area (Å²) in [5.41, 5.74) is 0.583. The summed E-state index contributed by atoms with van der Waals surface area (Å²) >= 11 is 0. The van der Waals surface area contributed by atoms with Crippen molar-refractivity contribution in [3.8, 4) is 18.1 Å². The molecule has 0 aliphatic rings. The van der Waals surface area contributed by atoms with Gasteiger partial charge in [-0.05, 0) is 24.1 Å². The van der Waals surface area contributed by atoms with Gasteiger partial charge in [0.05, 0.1) is 20.3 Å². The minimum Gasteiger partial charge on any atom is -0.495 e. The zero-order valence-electron chi connectivity index (χ0n) is 11.7. The van der Waals surface area contributed by atoms with Gasteiger partial charge in [0, 0.05) is 6.54 Å². The monoisotopic (exact) mass is 297 g/mol. The molecule has 0 aliphatic carbocycles. The maximum absolute atomic E-state index is 12.6. The number of rotatable bonds is 7. The third-order valence-corrected chi connectivity index (χ3v) is 4.65. The Kier molecular flexibility index (Phi) is 6.02. The molecule has 0 unspecified atom stereocenters. The molecule has 1 aromatic carbocycles. The highest BCUT2D eigenvalue weighted by molar-refractivity contribution is 7.89. The molecule has 0 aromatic heterocycles. The molecule has 110 valence electrons. The van der Waals surface area contributed by atoms with Crippen LogP contribution in [-0.2, 0) is 16.6 Å². The molecule has 0 spiro atoms. The zero-order chi connectivity index (χ0) is 15.2. The van der Waals surface area contributed by atoms with Crippen molar-refractivity contribution in [3.05, 3.63) is 23.8 Å². The molecule has 1 N–H and O–H groups in total. The van der Waals surface area contributed by atoms with Crippen molar-refractivity contribution >= 4 is 10.0 Å². The Morgan fingerprint density at radius 2 is 2.15 bits per heavy atom. The molecule has 1 rings (SSSR count). The van der Waals surface area contributed by atoms with Crippen LogP contribution in [0.5, 0.6) is 5.75 Å². The molecule has 5 nitrogen and oxygen atoms in total. The molecular weight excluding hydrogens is 278 g/mol. The minimum atomic E-state index is -3.71. The van der Waals surface area contributed by atoms with E-state index in [1.807, 2.05) is 6.92 Å². The topological polar surface area (TPSA) is 66.8 Å². The first-order chi connectivity index (χ1) is 9.51. The largest absolute Gasteiger partial charge is 0.495 e. The van der Waals surface area contributed by atoms with Crippen LogP contribution < -0.4 is 4.74 Å². The van der Waals surface area contributed by atoms with Crippen molar-refractivity contribution in [1.29, 1.82) is 0 Å². The maximum Gasteiger partial charge on any atom is 0.247 e. The molecule has 1 aromatic rings. The minimum absolute atomic E-state index is 0.0150. The van der Waals surface area contributed by atoms with E-state index in [0.717, 1.165) is 0 Å². The summed E-state index contributed by atoms with van der Waals surface area (Å²) < 4.78 is 31.5. The van der Waals surface area contributed by atoms with E-state index in [0.29, 0.717) is 18.5 Å². The second-order valence-corrected chi connectivity index (χ2v) is 6.09. The fourth-order valence-corrected chi connectivity index (χ4v) is 3.38. The summed E-state index contributed by atoms with van der Waals surface area (Å²) in [7, 11) is -2.32. The highest BCUT2D eigenvalue weighted by Crippen LogP contribution is 2.28. The number of hydrogen-bond acceptors (Lipinski definition) is 4. The van der Waals surface area contributed by atoms with E-state index < -0.39 is 10.0 Å². The molecule has 0 bridgehead atoms. The normalized spacial score (nSPS) is 11.3. The lowest BCUT2D eigenvalue weighted by Gasteiger charge is -2.20. The van der Waals surface area contributed by atoms with Gasteiger partial charge in [-0.3, -0.25) is 0 Å². The average Bonchev–Trinajstić information content (AvgIpc) is 2.46. The van der Waals surface area contributed by atoms with E-state index in [1.54, 1.807) is 6.07 Å². The predicted octanol–water partition coefficient (Wildman–Crippen LogP) is 1.22. The van der Waals surface area contributed by atoms with Crippen LogP contribution >= 0.6 is 0 Å². The summed E-state index contributed by atoms with van der Waals surface area (Å²) in [4.78, 5) is 0.0564. The van der Waals surface area contributed by atoms with Gasteiger partial charge in [0.25, 0.3) is 0 Å². The van der Waals surface area contributed by atoms with Gasteiger partial charge in [-0.1, -0.05) is 18.9 Å². The number of methoxy groups -OCH3 is 1. The van der Waals surface area contributed by atoms with E-state index in [9.17, 15) is 8.42 Å². The number of ether oxygens (including phenoxy) is 1. The summed E-state index contributed by atoms with van der Waals surface area (Å²) in [6, 6.07) is 4.49. The molecule has 0 aliphatic heterocycles. The number of aliphatic hydroxyl groups is 1. The van der Waals surface area contributed by atoms with Gasteiger partial charge in [-0.25, -0.2) is 8.42 Å². The second kappa shape index (κ2) is 7.29. The van der Waals surface area contributed by atoms with Crippen molar-refractivity contribution in [2.45, 2.75) is 24.8 Å². The lowest BCUT2D eigenvalue weighted by Crippen LogP contribution is -2.32. The first-order valence-corrected chi connectivity index (χ1v) is 7.66. The third kappa shape index (κ3) is 3.51. The molecule has 20 heavy (non-hydrogen) atoms. The number of sulfonamides is 1. The maximum atomic E-state index is 12.6. The Morgan fingerprint density at radius 3 is 2.65 bits per heavy atom. The fourth-order valence-electron chi connectivity index (χ4n) is 1.80. The van der Waals surface area contributed by atoms with Crippen LogP contribution in [0.3, 0.4) is 0 Å². The van der Waals surface area contributed by atoms with Crippen LogP contribution in [0.25, 0.3) is 0 Å². The van der Waals surface area contributed by atoms with Crippen molar-refractivity contribution in [3.63, 3.8) is 0 Å². The Bertz CT molecular complexity index is 590. The quantitative estimate of drug-likeness (QED) is 0.769. The Balaban J connectivity index is 3.29. The number of nitrogens with zero attached hydrogens (tertiary/aromatic N) is 1. The van der Waals surface area contributed by atoms with Crippen LogP contribution in [0.1, 0.15) is 18.9 Å². The number of terminal acetylenes is 1. The summed E-state index contributed by atoms with van der Waals surface area (Å²) in [6.07, 6.45) is 5.89. The Morgan fingerprint density at radius 1 is 1.45 bits per heavy atom. The van der Waals surface area contributed by atoms with E-state index in [4.69, 9.17) is 16.3 Å². The van der Waals surface area contributed by atoms with Gasteiger partial charge in [-0.15, -0.1) is 6.42 Å². The molecule has 0 fully saturated rings. The van der Waals surface area contributed by atoms with Gasteiger partial charge in [-0.2, -0.15) is 4.31 Å². The number of benzene rings is 1. The molecule has 6 heteroatoms. The molecule has 0 radical (unpaired) electrons. The molecule has 0 amide bonds. The van der Waals surface area contributed by atoms with Crippen LogP contribution in [0.2, 0.25) is 0 Å². The lowest BCUT2D eigenvalue weighted by molar-refractivity contribution is 0.280. The van der Waals surface area contributed by atoms with E-state index in [-0.39, 0.29) is 23.8 Å². The third-order valence-electron chi connectivity index (χ3n) is 2.77. The van der Waals surface area contributed by atoms with Crippen molar-refractivity contribution in [1.82, 2.24) is 4.31 Å². The summed E-state index contributed by atoms with van der Waals surface area (Å²) in [5, 5.41) is 9.09. The van der Waals surface area contributed by atoms with Crippen LogP contribution in [0.4, 0.5) is 0 Å². The number of aliphatic hydroxyl groups excluding tert-OH is 1. The summed E-state index contributed by atoms with van der Waals surface area (Å²) in [6.45, 7) is 2.06. The Labute approximate surface area is 120 Å². The Hall–Kier alpha value is -1.55. The molecule has 0 saturated heterocycles. The predicted molar refractivity (Wildman–Crippen MR) is 76.8 cm³/mol. The standard InChI is InChI=1S/C14H19NO4S/c1-4-8-15(9-5-2)20(17,18)14-7-6-12(11-16)10-13(14)19-3/h1,6-7,10,16H,5,8-9,11H2,2-3H3. The van der Waals surface area contributed by atoms with Crippen molar-refractivity contribution in [2.75, 3.05) is 20.2 Å². The molecule has 0 saturated carbocycles. The highest BCUT2D eigenvalue weighted by atomic mass is 32.2. The zero-order valence-corrected chi connectivity index (χ0v) is 12.5. The van der Waals surface area contributed by atoms with Gasteiger partial charge < -0.3 is 9.84 Å². The molecule has 0 heterocycles. The van der Waals surface area contributed by atoms with Gasteiger partial charge in [0.15, 0.2) is 0 Å². The SMILES string of the molecule is C#CCN(CCC)S(=O)(=O)c1ccc(CO)cc1OC. The van der Waals surface area contributed by atoms with Gasteiger partial charge in [0.1, 0.15) is 10.6 Å². The first kappa shape index (κ1) is 16.5. The van der Waals surface area contributed by atoms with Crippen molar-refractivity contribution < 1.29 is 18.3 Å². The van der Waals surface area contributed by atoms with Crippen LogP contribution in [0, 0.1) is 12.3 Å². The lowest BCUT2D eigenvalue weighted by atomic mass is 10.2. The number of hydrogen-bond donors (Lipinski definition) is 1. The van der Waals surface area contributed by atoms with E-state index in [2.05, 4.69) is 5.92 Å². The van der Waals surface area contributed by atoms with E-state index in [1.165, 1.54) is 23.5 Å². The highest BCUT2D eigenvalue weighted by Gasteiger charge is 2.26. The van der Waals surface area contributed by atoms with Crippen LogP contribution in [-0.4, -0.2) is 38.0 Å². The average molecular weight is 297 g/mol. The fraction of sp³-hybridized carbons (Fsp3) is 0.429. The second-order valence-electron chi connectivity index (χ2n) is 4.19. The van der Waals surface area contributed by atoms with Crippen molar-refractivity contribution in [2.24, 2.45) is 0 Å². The summed E-state index contributed by atoms with van der Waals surface area (Å²) in [5.74, 6) is 2.56. The van der Waals surface area contributed by atoms with Gasteiger partial charge in [0.2, 0.25) is 10.0 Å². The smallest absolute Gasteiger partial charge is 0.247 e.